The second kappa shape index (κ2) is 18.3. The number of carboxylic acid groups (broad SMARTS) is 3. The number of aryl methyl sites for hydroxylation is 1. The molecule has 3 amide bonds. The Morgan fingerprint density at radius 2 is 1.70 bits per heavy atom. The number of rotatable bonds is 17. The van der Waals surface area contributed by atoms with Gasteiger partial charge in [0.2, 0.25) is 22.2 Å². The molecule has 1 saturated heterocycles. The molecule has 3 atom stereocenters. The number of carbonyl (C=O) groups excluding carboxylic acids is 5. The second-order valence-corrected chi connectivity index (χ2v) is 15.3. The summed E-state index contributed by atoms with van der Waals surface area (Å²) in [6, 6.07) is 5.74. The van der Waals surface area contributed by atoms with Crippen LogP contribution in [0.2, 0.25) is 0 Å². The first-order valence-corrected chi connectivity index (χ1v) is 20.0. The van der Waals surface area contributed by atoms with Crippen LogP contribution in [0.4, 0.5) is 0 Å². The fourth-order valence-electron chi connectivity index (χ4n) is 6.46. The van der Waals surface area contributed by atoms with Gasteiger partial charge in [0.05, 0.1) is 5.39 Å². The van der Waals surface area contributed by atoms with Crippen molar-refractivity contribution in [2.24, 2.45) is 0 Å². The molecule has 2 aromatic carbocycles. The Balaban J connectivity index is 1.32. The molecule has 1 fully saturated rings. The maximum Gasteiger partial charge on any atom is 0.352 e. The molecule has 0 aliphatic carbocycles. The maximum atomic E-state index is 14.4. The number of carbonyl (C=O) groups is 8. The van der Waals surface area contributed by atoms with Crippen molar-refractivity contribution in [2.45, 2.75) is 49.6 Å². The maximum absolute atomic E-state index is 14.4. The number of carboxylic acids is 3. The van der Waals surface area contributed by atoms with Crippen LogP contribution in [-0.4, -0.2) is 124 Å². The highest BCUT2D eigenvalue weighted by Crippen LogP contribution is 2.47. The van der Waals surface area contributed by atoms with E-state index in [-0.39, 0.29) is 56.0 Å². The minimum Gasteiger partial charge on any atom is -0.482 e. The van der Waals surface area contributed by atoms with Crippen molar-refractivity contribution in [3.8, 4) is 17.2 Å². The molecule has 24 nitrogen and oxygen atoms in total. The fourth-order valence-corrected chi connectivity index (χ4v) is 8.91. The molecule has 6 rings (SSSR count). The van der Waals surface area contributed by atoms with Gasteiger partial charge in [-0.2, -0.15) is 0 Å². The Labute approximate surface area is 360 Å². The summed E-state index contributed by atoms with van der Waals surface area (Å²) in [5.74, 6) is -9.92. The van der Waals surface area contributed by atoms with Gasteiger partial charge in [-0.3, -0.25) is 38.5 Å². The second-order valence-electron chi connectivity index (χ2n) is 13.3. The van der Waals surface area contributed by atoms with Gasteiger partial charge in [0.1, 0.15) is 40.7 Å². The molecule has 4 heterocycles. The van der Waals surface area contributed by atoms with Crippen LogP contribution in [-0.2, 0) is 44.8 Å². The molecule has 330 valence electrons. The number of hydrogen-bond acceptors (Lipinski definition) is 19. The van der Waals surface area contributed by atoms with Gasteiger partial charge in [-0.15, -0.1) is 16.9 Å². The molecule has 1 unspecified atom stereocenters. The highest BCUT2D eigenvalue weighted by molar-refractivity contribution is 8.01. The van der Waals surface area contributed by atoms with E-state index in [1.807, 2.05) is 0 Å². The molecule has 0 spiro atoms. The summed E-state index contributed by atoms with van der Waals surface area (Å²) in [7, 11) is 1.09. The average molecular weight is 912 g/mol. The van der Waals surface area contributed by atoms with E-state index >= 15 is 0 Å². The molecular formula is C37H33N7O17S2. The van der Waals surface area contributed by atoms with Crippen LogP contribution in [0.25, 0.3) is 11.0 Å². The molecule has 4 aromatic rings. The van der Waals surface area contributed by atoms with Gasteiger partial charge in [-0.1, -0.05) is 23.9 Å². The van der Waals surface area contributed by atoms with Crippen molar-refractivity contribution >= 4 is 82.1 Å². The first kappa shape index (κ1) is 45.2. The predicted molar refractivity (Wildman–Crippen MR) is 211 cm³/mol. The topological polar surface area (TPSA) is 335 Å². The Bertz CT molecular complexity index is 2680. The van der Waals surface area contributed by atoms with Gasteiger partial charge in [-0.05, 0) is 52.8 Å². The average Bonchev–Trinajstić information content (AvgIpc) is 3.66. The lowest BCUT2D eigenvalue weighted by molar-refractivity contribution is -0.192. The van der Waals surface area contributed by atoms with Crippen molar-refractivity contribution in [1.82, 2.24) is 35.7 Å². The Kier molecular flexibility index (Phi) is 13.2. The van der Waals surface area contributed by atoms with Gasteiger partial charge >= 0.3 is 29.8 Å². The smallest absolute Gasteiger partial charge is 0.352 e. The summed E-state index contributed by atoms with van der Waals surface area (Å²) >= 11 is 1.96. The number of nitrogens with one attached hydrogen (secondary N) is 2. The summed E-state index contributed by atoms with van der Waals surface area (Å²) in [6.45, 7) is 2.10. The molecule has 0 saturated carbocycles. The third-order valence-corrected chi connectivity index (χ3v) is 11.5. The quantitative estimate of drug-likeness (QED) is 0.0316. The first-order chi connectivity index (χ1) is 29.9. The molecular weight excluding hydrogens is 879 g/mol. The summed E-state index contributed by atoms with van der Waals surface area (Å²) in [5.41, 5.74) is -4.27. The molecule has 0 bridgehead atoms. The van der Waals surface area contributed by atoms with Gasteiger partial charge in [0.25, 0.3) is 17.5 Å². The number of β-lactam (4-membered cyclic amide) rings is 1. The lowest BCUT2D eigenvalue weighted by Crippen LogP contribution is -2.81. The van der Waals surface area contributed by atoms with Crippen LogP contribution in [0.15, 0.2) is 62.0 Å². The van der Waals surface area contributed by atoms with Crippen molar-refractivity contribution in [1.29, 1.82) is 0 Å². The van der Waals surface area contributed by atoms with Crippen LogP contribution in [0.3, 0.4) is 0 Å². The summed E-state index contributed by atoms with van der Waals surface area (Å²) in [4.78, 5) is 116. The van der Waals surface area contributed by atoms with Gasteiger partial charge in [-0.25, -0.2) is 14.3 Å². The SMILES string of the molecule is CO[C@@]1(NC(=O)C(NC(=O)c2c(C)oc3c(OC(C)=O)c(OC(C)=O)ccc3c2=O)c2ccc(OCC(=O)O)cc2)C(=O)N2C(C(=O)O)=C(CSc3nnnn3CC(=O)O)CS[C@@H]21. The molecule has 2 aromatic heterocycles. The number of aromatic nitrogens is 4. The van der Waals surface area contributed by atoms with Crippen molar-refractivity contribution in [3.05, 3.63) is 74.8 Å². The van der Waals surface area contributed by atoms with Crippen LogP contribution >= 0.6 is 23.5 Å². The largest absolute Gasteiger partial charge is 0.482 e. The number of methoxy groups -OCH3 is 1. The standard InChI is InChI=1S/C37H33N7O17S2/c1-15-25(28(51)21-9-10-22(60-16(2)45)30(29(21)59-15)61-17(3)46)31(52)38-26(18-5-7-20(8-6-18)58-12-24(49)50)32(53)39-37(57-4)34(56)44-27(33(54)55)19(13-62-35(37)44)14-63-36-40-41-42-43(36)11-23(47)48/h5-10,26,35H,11-14H2,1-4H3,(H,38,52)(H,39,53)(H,47,48)(H,49,50)(H,54,55)/t26?,35-,37+/m1/s1. The zero-order chi connectivity index (χ0) is 45.9. The van der Waals surface area contributed by atoms with E-state index in [0.717, 1.165) is 66.2 Å². The zero-order valence-corrected chi connectivity index (χ0v) is 34.7. The van der Waals surface area contributed by atoms with E-state index in [1.165, 1.54) is 31.2 Å². The molecule has 2 aliphatic heterocycles. The number of amides is 3. The van der Waals surface area contributed by atoms with E-state index in [4.69, 9.17) is 33.6 Å². The number of benzene rings is 2. The highest BCUT2D eigenvalue weighted by Gasteiger charge is 2.67. The lowest BCUT2D eigenvalue weighted by atomic mass is 9.96. The Morgan fingerprint density at radius 1 is 1.00 bits per heavy atom. The predicted octanol–water partition coefficient (Wildman–Crippen LogP) is 0.463. The third-order valence-electron chi connectivity index (χ3n) is 9.10. The number of hydrogen-bond donors (Lipinski definition) is 5. The number of aliphatic carboxylic acids is 3. The van der Waals surface area contributed by atoms with Gasteiger partial charge in [0, 0.05) is 32.5 Å². The lowest BCUT2D eigenvalue weighted by Gasteiger charge is -2.56. The molecule has 5 N–H and O–H groups in total. The summed E-state index contributed by atoms with van der Waals surface area (Å²) in [6.07, 6.45) is 0. The van der Waals surface area contributed by atoms with Gasteiger partial charge < -0.3 is 49.3 Å². The van der Waals surface area contributed by atoms with Crippen molar-refractivity contribution in [3.63, 3.8) is 0 Å². The molecule has 0 radical (unpaired) electrons. The molecule has 63 heavy (non-hydrogen) atoms. The normalized spacial score (nSPS) is 17.2. The van der Waals surface area contributed by atoms with E-state index in [2.05, 4.69) is 26.2 Å². The third kappa shape index (κ3) is 9.16. The van der Waals surface area contributed by atoms with Crippen LogP contribution in [0.1, 0.15) is 41.6 Å². The first-order valence-electron chi connectivity index (χ1n) is 18.0. The highest BCUT2D eigenvalue weighted by atomic mass is 32.2. The van der Waals surface area contributed by atoms with E-state index in [1.54, 1.807) is 0 Å². The molecule has 26 heteroatoms. The molecule has 2 aliphatic rings. The van der Waals surface area contributed by atoms with Crippen LogP contribution in [0.5, 0.6) is 17.2 Å². The Hall–Kier alpha value is -7.32. The number of tetrazole rings is 1. The number of thioether (sulfide) groups is 2. The van der Waals surface area contributed by atoms with E-state index < -0.39 is 100 Å². The zero-order valence-electron chi connectivity index (χ0n) is 33.1. The van der Waals surface area contributed by atoms with E-state index in [0.29, 0.717) is 0 Å². The van der Waals surface area contributed by atoms with Crippen molar-refractivity contribution < 1.29 is 77.0 Å². The number of esters is 2. The van der Waals surface area contributed by atoms with E-state index in [9.17, 15) is 48.3 Å². The monoisotopic (exact) mass is 911 g/mol. The summed E-state index contributed by atoms with van der Waals surface area (Å²) < 4.78 is 27.9. The number of fused-ring (bicyclic) bond motifs is 2. The Morgan fingerprint density at radius 3 is 2.32 bits per heavy atom. The van der Waals surface area contributed by atoms with Crippen LogP contribution < -0.4 is 30.3 Å². The minimum atomic E-state index is -2.20. The minimum absolute atomic E-state index is 0.0128. The fraction of sp³-hybridized carbons (Fsp3) is 0.297. The summed E-state index contributed by atoms with van der Waals surface area (Å²) in [5, 5.41) is 42.9. The number of nitrogens with zero attached hydrogens (tertiary/aromatic N) is 5. The van der Waals surface area contributed by atoms with Crippen LogP contribution in [0, 0.1) is 6.92 Å². The number of ether oxygens (including phenoxy) is 4. The van der Waals surface area contributed by atoms with Crippen molar-refractivity contribution in [2.75, 3.05) is 25.2 Å². The van der Waals surface area contributed by atoms with Gasteiger partial charge in [0.15, 0.2) is 17.9 Å².